The summed E-state index contributed by atoms with van der Waals surface area (Å²) in [5.74, 6) is 0.541. The molecule has 0 bridgehead atoms. The first-order chi connectivity index (χ1) is 8.06. The average molecular weight is 245 g/mol. The Morgan fingerprint density at radius 3 is 2.53 bits per heavy atom. The second kappa shape index (κ2) is 10.5. The molecule has 0 saturated heterocycles. The molecule has 0 fully saturated rings. The maximum atomic E-state index is 11.2. The van der Waals surface area contributed by atoms with Gasteiger partial charge in [-0.25, -0.2) is 0 Å². The van der Waals surface area contributed by atoms with Gasteiger partial charge in [0.05, 0.1) is 19.6 Å². The van der Waals surface area contributed by atoms with E-state index in [0.29, 0.717) is 25.6 Å². The predicted octanol–water partition coefficient (Wildman–Crippen LogP) is 1.98. The smallest absolute Gasteiger partial charge is 0.307 e. The first-order valence-electron chi connectivity index (χ1n) is 6.53. The molecule has 0 aliphatic carbocycles. The molecule has 102 valence electrons. The zero-order valence-electron chi connectivity index (χ0n) is 11.6. The summed E-state index contributed by atoms with van der Waals surface area (Å²) >= 11 is 0. The molecule has 17 heavy (non-hydrogen) atoms. The minimum absolute atomic E-state index is 0.141. The van der Waals surface area contributed by atoms with Crippen molar-refractivity contribution in [3.05, 3.63) is 0 Å². The molecule has 0 heterocycles. The Hall–Kier alpha value is -0.610. The lowest BCUT2D eigenvalue weighted by atomic mass is 10.1. The van der Waals surface area contributed by atoms with Crippen LogP contribution in [0.25, 0.3) is 0 Å². The van der Waals surface area contributed by atoms with Gasteiger partial charge in [0.15, 0.2) is 0 Å². The molecule has 1 N–H and O–H groups in total. The summed E-state index contributed by atoms with van der Waals surface area (Å²) in [6, 6.07) is 0.141. The Morgan fingerprint density at radius 2 is 1.94 bits per heavy atom. The van der Waals surface area contributed by atoms with Gasteiger partial charge >= 0.3 is 5.97 Å². The summed E-state index contributed by atoms with van der Waals surface area (Å²) in [7, 11) is 0. The van der Waals surface area contributed by atoms with E-state index >= 15 is 0 Å². The Bertz CT molecular complexity index is 195. The van der Waals surface area contributed by atoms with Gasteiger partial charge in [-0.1, -0.05) is 13.8 Å². The van der Waals surface area contributed by atoms with E-state index in [1.807, 2.05) is 13.8 Å². The van der Waals surface area contributed by atoms with Crippen molar-refractivity contribution in [2.45, 2.75) is 46.6 Å². The minimum atomic E-state index is -0.145. The monoisotopic (exact) mass is 245 g/mol. The molecule has 4 heteroatoms. The molecule has 0 amide bonds. The van der Waals surface area contributed by atoms with Gasteiger partial charge in [0.2, 0.25) is 0 Å². The van der Waals surface area contributed by atoms with Crippen molar-refractivity contribution >= 4 is 5.97 Å². The fourth-order valence-electron chi connectivity index (χ4n) is 1.34. The number of hydrogen-bond acceptors (Lipinski definition) is 4. The fourth-order valence-corrected chi connectivity index (χ4v) is 1.34. The van der Waals surface area contributed by atoms with Crippen LogP contribution in [-0.4, -0.2) is 38.4 Å². The molecule has 0 aromatic carbocycles. The predicted molar refractivity (Wildman–Crippen MR) is 69.0 cm³/mol. The van der Waals surface area contributed by atoms with E-state index in [1.54, 1.807) is 0 Å². The highest BCUT2D eigenvalue weighted by molar-refractivity contribution is 5.69. The van der Waals surface area contributed by atoms with Crippen LogP contribution in [0.4, 0.5) is 0 Å². The first kappa shape index (κ1) is 16.4. The van der Waals surface area contributed by atoms with Gasteiger partial charge in [-0.05, 0) is 26.2 Å². The number of carbonyl (C=O) groups is 1. The maximum absolute atomic E-state index is 11.2. The van der Waals surface area contributed by atoms with Crippen LogP contribution in [0.5, 0.6) is 0 Å². The molecule has 0 aliphatic rings. The van der Waals surface area contributed by atoms with Crippen LogP contribution < -0.4 is 5.32 Å². The van der Waals surface area contributed by atoms with E-state index in [4.69, 9.17) is 9.47 Å². The molecular weight excluding hydrogens is 218 g/mol. The summed E-state index contributed by atoms with van der Waals surface area (Å²) in [4.78, 5) is 11.2. The summed E-state index contributed by atoms with van der Waals surface area (Å²) in [5.41, 5.74) is 0. The Kier molecular flexibility index (Phi) is 10.2. The van der Waals surface area contributed by atoms with E-state index in [-0.39, 0.29) is 12.0 Å². The molecule has 1 unspecified atom stereocenters. The number of rotatable bonds is 10. The number of nitrogens with one attached hydrogen (secondary N) is 1. The molecule has 0 radical (unpaired) electrons. The maximum Gasteiger partial charge on any atom is 0.307 e. The van der Waals surface area contributed by atoms with Gasteiger partial charge in [0, 0.05) is 19.2 Å². The number of esters is 1. The van der Waals surface area contributed by atoms with E-state index in [0.717, 1.165) is 19.6 Å². The average Bonchev–Trinajstić information content (AvgIpc) is 2.23. The summed E-state index contributed by atoms with van der Waals surface area (Å²) in [5, 5.41) is 3.23. The van der Waals surface area contributed by atoms with Gasteiger partial charge in [-0.2, -0.15) is 0 Å². The largest absolute Gasteiger partial charge is 0.466 e. The zero-order valence-corrected chi connectivity index (χ0v) is 11.6. The van der Waals surface area contributed by atoms with Crippen molar-refractivity contribution < 1.29 is 14.3 Å². The summed E-state index contributed by atoms with van der Waals surface area (Å²) in [6.07, 6.45) is 1.51. The Balaban J connectivity index is 3.33. The van der Waals surface area contributed by atoms with Crippen LogP contribution in [0.1, 0.15) is 40.5 Å². The van der Waals surface area contributed by atoms with E-state index in [2.05, 4.69) is 19.2 Å². The lowest BCUT2D eigenvalue weighted by Crippen LogP contribution is -2.32. The van der Waals surface area contributed by atoms with Crippen LogP contribution in [-0.2, 0) is 14.3 Å². The van der Waals surface area contributed by atoms with Crippen molar-refractivity contribution in [2.24, 2.45) is 5.92 Å². The fraction of sp³-hybridized carbons (Fsp3) is 0.923. The van der Waals surface area contributed by atoms with Crippen LogP contribution in [0.15, 0.2) is 0 Å². The van der Waals surface area contributed by atoms with Gasteiger partial charge in [0.1, 0.15) is 0 Å². The third-order valence-electron chi connectivity index (χ3n) is 2.36. The minimum Gasteiger partial charge on any atom is -0.466 e. The second-order valence-electron chi connectivity index (χ2n) is 4.66. The molecule has 0 rings (SSSR count). The molecular formula is C13H27NO3. The van der Waals surface area contributed by atoms with E-state index in [9.17, 15) is 4.79 Å². The number of carbonyl (C=O) groups excluding carboxylic acids is 1. The van der Waals surface area contributed by atoms with Gasteiger partial charge < -0.3 is 14.8 Å². The van der Waals surface area contributed by atoms with Gasteiger partial charge in [-0.15, -0.1) is 0 Å². The highest BCUT2D eigenvalue weighted by atomic mass is 16.5. The lowest BCUT2D eigenvalue weighted by Gasteiger charge is -2.13. The molecule has 4 nitrogen and oxygen atoms in total. The zero-order chi connectivity index (χ0) is 13.1. The third-order valence-corrected chi connectivity index (χ3v) is 2.36. The van der Waals surface area contributed by atoms with Crippen molar-refractivity contribution in [3.8, 4) is 0 Å². The molecule has 0 aromatic rings. The van der Waals surface area contributed by atoms with Crippen molar-refractivity contribution in [1.29, 1.82) is 0 Å². The highest BCUT2D eigenvalue weighted by Gasteiger charge is 2.08. The quantitative estimate of drug-likeness (QED) is 0.472. The number of hydrogen-bond donors (Lipinski definition) is 1. The summed E-state index contributed by atoms with van der Waals surface area (Å²) in [6.45, 7) is 10.9. The Morgan fingerprint density at radius 1 is 1.24 bits per heavy atom. The van der Waals surface area contributed by atoms with Crippen molar-refractivity contribution in [2.75, 3.05) is 26.4 Å². The molecule has 0 spiro atoms. The topological polar surface area (TPSA) is 47.6 Å². The third kappa shape index (κ3) is 11.6. The van der Waals surface area contributed by atoms with Crippen LogP contribution in [0.3, 0.4) is 0 Å². The SMILES string of the molecule is CCOC(=O)CC(C)NCCOCCC(C)C. The van der Waals surface area contributed by atoms with E-state index < -0.39 is 0 Å². The van der Waals surface area contributed by atoms with Crippen LogP contribution in [0.2, 0.25) is 0 Å². The number of ether oxygens (including phenoxy) is 2. The van der Waals surface area contributed by atoms with Gasteiger partial charge in [-0.3, -0.25) is 4.79 Å². The van der Waals surface area contributed by atoms with Crippen LogP contribution >= 0.6 is 0 Å². The first-order valence-corrected chi connectivity index (χ1v) is 6.53. The molecule has 0 saturated carbocycles. The molecule has 1 atom stereocenters. The second-order valence-corrected chi connectivity index (χ2v) is 4.66. The van der Waals surface area contributed by atoms with E-state index in [1.165, 1.54) is 0 Å². The summed E-state index contributed by atoms with van der Waals surface area (Å²) < 4.78 is 10.3. The van der Waals surface area contributed by atoms with Crippen molar-refractivity contribution in [3.63, 3.8) is 0 Å². The van der Waals surface area contributed by atoms with Gasteiger partial charge in [0.25, 0.3) is 0 Å². The normalized spacial score (nSPS) is 12.8. The lowest BCUT2D eigenvalue weighted by molar-refractivity contribution is -0.143. The Labute approximate surface area is 105 Å². The molecule has 0 aliphatic heterocycles. The highest BCUT2D eigenvalue weighted by Crippen LogP contribution is 1.98. The van der Waals surface area contributed by atoms with Crippen molar-refractivity contribution in [1.82, 2.24) is 5.32 Å². The molecule has 0 aromatic heterocycles. The van der Waals surface area contributed by atoms with Crippen LogP contribution in [0, 0.1) is 5.92 Å². The standard InChI is InChI=1S/C13H27NO3/c1-5-17-13(15)10-12(4)14-7-9-16-8-6-11(2)3/h11-12,14H,5-10H2,1-4H3.